The Morgan fingerprint density at radius 2 is 2.17 bits per heavy atom. The number of benzene rings is 1. The van der Waals surface area contributed by atoms with Crippen molar-refractivity contribution in [1.29, 1.82) is 0 Å². The maximum Gasteiger partial charge on any atom is 0.286 e. The summed E-state index contributed by atoms with van der Waals surface area (Å²) >= 11 is 8.04. The Balaban J connectivity index is 2.32. The molecule has 8 heteroatoms. The molecule has 5 nitrogen and oxygen atoms in total. The smallest absolute Gasteiger partial charge is 0.286 e. The van der Waals surface area contributed by atoms with Crippen molar-refractivity contribution >= 4 is 66.7 Å². The predicted octanol–water partition coefficient (Wildman–Crippen LogP) is 4.11. The van der Waals surface area contributed by atoms with Crippen molar-refractivity contribution in [3.05, 3.63) is 31.5 Å². The van der Waals surface area contributed by atoms with Crippen LogP contribution in [0.2, 0.25) is 0 Å². The molecule has 1 aromatic carbocycles. The van der Waals surface area contributed by atoms with E-state index in [0.29, 0.717) is 22.4 Å². The van der Waals surface area contributed by atoms with Crippen LogP contribution in [0.15, 0.2) is 31.0 Å². The van der Waals surface area contributed by atoms with Gasteiger partial charge < -0.3 is 10.1 Å². The zero-order chi connectivity index (χ0) is 17.0. The predicted molar refractivity (Wildman–Crippen MR) is 99.5 cm³/mol. The Morgan fingerprint density at radius 3 is 2.83 bits per heavy atom. The quantitative estimate of drug-likeness (QED) is 0.685. The highest BCUT2D eigenvalue weighted by Gasteiger charge is 2.23. The number of carbonyl (C=O) groups excluding carboxylic acids is 2. The van der Waals surface area contributed by atoms with Crippen LogP contribution >= 0.6 is 43.6 Å². The van der Waals surface area contributed by atoms with Crippen LogP contribution in [0, 0.1) is 0 Å². The summed E-state index contributed by atoms with van der Waals surface area (Å²) in [5, 5.41) is 2.81. The maximum atomic E-state index is 12.0. The second-order valence-electron chi connectivity index (χ2n) is 4.67. The number of nitrogens with one attached hydrogen (secondary N) is 1. The van der Waals surface area contributed by atoms with Gasteiger partial charge in [0.05, 0.1) is 16.0 Å². The van der Waals surface area contributed by atoms with Gasteiger partial charge in [-0.05, 0) is 52.3 Å². The standard InChI is InChI=1S/C15H14Br2N2O3S/c1-3-4-22-13-9(5-10(16)7-11(13)17)6-12-14(21)19-15(23-12)18-8(2)20/h5-7H,3-4H2,1-2H3,(H,18,19,20,21)/b12-6-. The van der Waals surface area contributed by atoms with Crippen LogP contribution in [-0.2, 0) is 9.59 Å². The van der Waals surface area contributed by atoms with Crippen LogP contribution in [0.25, 0.3) is 6.08 Å². The lowest BCUT2D eigenvalue weighted by atomic mass is 10.2. The van der Waals surface area contributed by atoms with Gasteiger partial charge in [0.1, 0.15) is 5.75 Å². The van der Waals surface area contributed by atoms with Gasteiger partial charge in [-0.2, -0.15) is 4.99 Å². The molecule has 1 aliphatic heterocycles. The van der Waals surface area contributed by atoms with Crippen LogP contribution in [0.1, 0.15) is 25.8 Å². The zero-order valence-corrected chi connectivity index (χ0v) is 16.5. The van der Waals surface area contributed by atoms with E-state index in [1.165, 1.54) is 6.92 Å². The zero-order valence-electron chi connectivity index (χ0n) is 12.5. The van der Waals surface area contributed by atoms with E-state index in [0.717, 1.165) is 32.7 Å². The molecular formula is C15H14Br2N2O3S. The molecule has 0 aromatic heterocycles. The summed E-state index contributed by atoms with van der Waals surface area (Å²) in [7, 11) is 0. The van der Waals surface area contributed by atoms with E-state index in [2.05, 4.69) is 42.2 Å². The highest BCUT2D eigenvalue weighted by Crippen LogP contribution is 2.37. The van der Waals surface area contributed by atoms with Gasteiger partial charge in [-0.3, -0.25) is 9.59 Å². The summed E-state index contributed by atoms with van der Waals surface area (Å²) in [6.45, 7) is 3.97. The van der Waals surface area contributed by atoms with Crippen molar-refractivity contribution in [2.75, 3.05) is 6.61 Å². The Hall–Kier alpha value is -1.12. The number of hydrogen-bond acceptors (Lipinski definition) is 4. The molecule has 0 bridgehead atoms. The average Bonchev–Trinajstić information content (AvgIpc) is 2.76. The number of aliphatic imine (C=N–C) groups is 1. The van der Waals surface area contributed by atoms with Crippen molar-refractivity contribution in [3.8, 4) is 5.75 Å². The van der Waals surface area contributed by atoms with Gasteiger partial charge in [0.2, 0.25) is 5.91 Å². The second kappa shape index (κ2) is 8.12. The molecular weight excluding hydrogens is 448 g/mol. The Labute approximate surface area is 155 Å². The van der Waals surface area contributed by atoms with Crippen LogP contribution in [-0.4, -0.2) is 23.6 Å². The molecule has 0 saturated carbocycles. The van der Waals surface area contributed by atoms with Crippen LogP contribution in [0.5, 0.6) is 5.75 Å². The molecule has 0 saturated heterocycles. The summed E-state index contributed by atoms with van der Waals surface area (Å²) < 4.78 is 7.43. The first-order chi connectivity index (χ1) is 10.9. The van der Waals surface area contributed by atoms with Crippen LogP contribution in [0.3, 0.4) is 0 Å². The van der Waals surface area contributed by atoms with E-state index in [9.17, 15) is 9.59 Å². The van der Waals surface area contributed by atoms with Gasteiger partial charge in [0, 0.05) is 17.0 Å². The third-order valence-electron chi connectivity index (χ3n) is 2.68. The van der Waals surface area contributed by atoms with Gasteiger partial charge in [-0.15, -0.1) is 0 Å². The monoisotopic (exact) mass is 460 g/mol. The molecule has 0 spiro atoms. The summed E-state index contributed by atoms with van der Waals surface area (Å²) in [5.41, 5.74) is 0.759. The van der Waals surface area contributed by atoms with E-state index in [1.54, 1.807) is 6.08 Å². The molecule has 23 heavy (non-hydrogen) atoms. The summed E-state index contributed by atoms with van der Waals surface area (Å²) in [6.07, 6.45) is 2.59. The number of carbonyl (C=O) groups is 2. The number of amides is 2. The molecule has 0 radical (unpaired) electrons. The van der Waals surface area contributed by atoms with Gasteiger partial charge in [0.15, 0.2) is 5.17 Å². The fourth-order valence-electron chi connectivity index (χ4n) is 1.80. The van der Waals surface area contributed by atoms with E-state index >= 15 is 0 Å². The molecule has 1 N–H and O–H groups in total. The summed E-state index contributed by atoms with van der Waals surface area (Å²) in [6, 6.07) is 3.75. The Morgan fingerprint density at radius 1 is 1.43 bits per heavy atom. The largest absolute Gasteiger partial charge is 0.492 e. The fraction of sp³-hybridized carbons (Fsp3) is 0.267. The highest BCUT2D eigenvalue weighted by molar-refractivity contribution is 9.11. The molecule has 122 valence electrons. The molecule has 2 amide bonds. The minimum absolute atomic E-state index is 0.262. The molecule has 1 aromatic rings. The second-order valence-corrected chi connectivity index (χ2v) is 7.47. The van der Waals surface area contributed by atoms with E-state index in [-0.39, 0.29) is 11.8 Å². The number of nitrogens with zero attached hydrogens (tertiary/aromatic N) is 1. The number of thioether (sulfide) groups is 1. The van der Waals surface area contributed by atoms with Gasteiger partial charge in [-0.25, -0.2) is 0 Å². The minimum Gasteiger partial charge on any atom is -0.492 e. The molecule has 0 atom stereocenters. The van der Waals surface area contributed by atoms with Crippen molar-refractivity contribution in [2.24, 2.45) is 4.99 Å². The van der Waals surface area contributed by atoms with Gasteiger partial charge >= 0.3 is 0 Å². The maximum absolute atomic E-state index is 12.0. The Bertz CT molecular complexity index is 717. The van der Waals surface area contributed by atoms with Crippen molar-refractivity contribution in [1.82, 2.24) is 5.32 Å². The van der Waals surface area contributed by atoms with Crippen molar-refractivity contribution in [3.63, 3.8) is 0 Å². The Kier molecular flexibility index (Phi) is 6.43. The fourth-order valence-corrected chi connectivity index (χ4v) is 4.02. The first-order valence-corrected chi connectivity index (χ1v) is 9.23. The van der Waals surface area contributed by atoms with E-state index < -0.39 is 0 Å². The summed E-state index contributed by atoms with van der Waals surface area (Å²) in [5.74, 6) is 0.0303. The number of ether oxygens (including phenoxy) is 1. The summed E-state index contributed by atoms with van der Waals surface area (Å²) in [4.78, 5) is 27.3. The normalized spacial score (nSPS) is 15.7. The van der Waals surface area contributed by atoms with Crippen molar-refractivity contribution < 1.29 is 14.3 Å². The first-order valence-electron chi connectivity index (χ1n) is 6.82. The first kappa shape index (κ1) is 18.2. The number of hydrogen-bond donors (Lipinski definition) is 1. The van der Waals surface area contributed by atoms with E-state index in [4.69, 9.17) is 4.74 Å². The third kappa shape index (κ3) is 4.92. The molecule has 0 fully saturated rings. The van der Waals surface area contributed by atoms with Gasteiger partial charge in [0.25, 0.3) is 5.91 Å². The SMILES string of the molecule is CCCOc1c(Br)cc(Br)cc1/C=C1\SC(NC(C)=O)=NC1=O. The number of amidine groups is 1. The lowest BCUT2D eigenvalue weighted by Crippen LogP contribution is -2.23. The van der Waals surface area contributed by atoms with Crippen molar-refractivity contribution in [2.45, 2.75) is 20.3 Å². The van der Waals surface area contributed by atoms with Crippen LogP contribution < -0.4 is 10.1 Å². The highest BCUT2D eigenvalue weighted by atomic mass is 79.9. The average molecular weight is 462 g/mol. The lowest BCUT2D eigenvalue weighted by Gasteiger charge is -2.11. The topological polar surface area (TPSA) is 67.8 Å². The molecule has 0 aliphatic carbocycles. The number of rotatable bonds is 4. The lowest BCUT2D eigenvalue weighted by molar-refractivity contribution is -0.117. The molecule has 1 aliphatic rings. The van der Waals surface area contributed by atoms with Crippen LogP contribution in [0.4, 0.5) is 0 Å². The number of halogens is 2. The molecule has 0 unspecified atom stereocenters. The molecule has 2 rings (SSSR count). The minimum atomic E-state index is -0.378. The molecule has 1 heterocycles. The van der Waals surface area contributed by atoms with Gasteiger partial charge in [-0.1, -0.05) is 22.9 Å². The third-order valence-corrected chi connectivity index (χ3v) is 4.62. The van der Waals surface area contributed by atoms with E-state index in [1.807, 2.05) is 19.1 Å².